The van der Waals surface area contributed by atoms with Gasteiger partial charge in [0.25, 0.3) is 0 Å². The van der Waals surface area contributed by atoms with Crippen molar-refractivity contribution in [3.05, 3.63) is 24.0 Å². The number of aryl methyl sites for hydroxylation is 1. The number of carbonyl (C=O) groups is 1. The average Bonchev–Trinajstić information content (AvgIpc) is 2.79. The molecule has 4 heteroatoms. The minimum absolute atomic E-state index is 0.0856. The molecule has 1 aliphatic heterocycles. The van der Waals surface area contributed by atoms with E-state index in [1.807, 2.05) is 19.1 Å². The van der Waals surface area contributed by atoms with Gasteiger partial charge in [-0.3, -0.25) is 9.78 Å². The van der Waals surface area contributed by atoms with E-state index in [0.29, 0.717) is 6.42 Å². The maximum Gasteiger partial charge on any atom is 0.225 e. The van der Waals surface area contributed by atoms with Crippen molar-refractivity contribution in [1.29, 1.82) is 0 Å². The molecule has 1 saturated heterocycles. The lowest BCUT2D eigenvalue weighted by Crippen LogP contribution is -2.25. The Hall–Kier alpha value is -1.42. The molecule has 2 heterocycles. The van der Waals surface area contributed by atoms with Gasteiger partial charge < -0.3 is 10.2 Å². The first kappa shape index (κ1) is 12.0. The SMILES string of the molecule is Cc1cc(NC(=O)CCN2CCCC2)ccn1. The molecule has 1 aromatic heterocycles. The normalized spacial score (nSPS) is 16.1. The molecule has 0 atom stereocenters. The van der Waals surface area contributed by atoms with Crippen LogP contribution in [-0.2, 0) is 4.79 Å². The molecule has 0 aliphatic carbocycles. The molecule has 0 bridgehead atoms. The second kappa shape index (κ2) is 5.77. The first-order chi connectivity index (χ1) is 8.24. The Morgan fingerprint density at radius 2 is 2.24 bits per heavy atom. The van der Waals surface area contributed by atoms with Crippen molar-refractivity contribution < 1.29 is 4.79 Å². The van der Waals surface area contributed by atoms with E-state index in [-0.39, 0.29) is 5.91 Å². The summed E-state index contributed by atoms with van der Waals surface area (Å²) in [6.07, 6.45) is 4.82. The number of nitrogens with one attached hydrogen (secondary N) is 1. The molecule has 92 valence electrons. The summed E-state index contributed by atoms with van der Waals surface area (Å²) in [4.78, 5) is 18.2. The Labute approximate surface area is 102 Å². The third-order valence-corrected chi connectivity index (χ3v) is 3.03. The molecule has 0 saturated carbocycles. The molecule has 1 aromatic rings. The number of amides is 1. The number of carbonyl (C=O) groups excluding carboxylic acids is 1. The van der Waals surface area contributed by atoms with Crippen molar-refractivity contribution in [1.82, 2.24) is 9.88 Å². The van der Waals surface area contributed by atoms with Gasteiger partial charge in [0.1, 0.15) is 0 Å². The van der Waals surface area contributed by atoms with Crippen molar-refractivity contribution >= 4 is 11.6 Å². The highest BCUT2D eigenvalue weighted by atomic mass is 16.1. The lowest BCUT2D eigenvalue weighted by molar-refractivity contribution is -0.116. The molecule has 1 fully saturated rings. The van der Waals surface area contributed by atoms with Crippen LogP contribution in [0.25, 0.3) is 0 Å². The van der Waals surface area contributed by atoms with Crippen molar-refractivity contribution in [3.63, 3.8) is 0 Å². The maximum atomic E-state index is 11.7. The molecule has 0 unspecified atom stereocenters. The highest BCUT2D eigenvalue weighted by Gasteiger charge is 2.12. The third kappa shape index (κ3) is 3.82. The van der Waals surface area contributed by atoms with Gasteiger partial charge in [-0.05, 0) is 45.0 Å². The fraction of sp³-hybridized carbons (Fsp3) is 0.538. The largest absolute Gasteiger partial charge is 0.326 e. The third-order valence-electron chi connectivity index (χ3n) is 3.03. The standard InChI is InChI=1S/C13H19N3O/c1-11-10-12(4-6-14-11)15-13(17)5-9-16-7-2-3-8-16/h4,6,10H,2-3,5,7-9H2,1H3,(H,14,15,17). The van der Waals surface area contributed by atoms with Gasteiger partial charge in [-0.15, -0.1) is 0 Å². The van der Waals surface area contributed by atoms with Crippen LogP contribution in [0.4, 0.5) is 5.69 Å². The number of anilines is 1. The number of pyridine rings is 1. The van der Waals surface area contributed by atoms with Crippen LogP contribution in [0, 0.1) is 6.92 Å². The molecule has 0 spiro atoms. The monoisotopic (exact) mass is 233 g/mol. The molecule has 1 amide bonds. The topological polar surface area (TPSA) is 45.2 Å². The Bertz CT molecular complexity index is 386. The van der Waals surface area contributed by atoms with Gasteiger partial charge in [0.2, 0.25) is 5.91 Å². The fourth-order valence-electron chi connectivity index (χ4n) is 2.11. The van der Waals surface area contributed by atoms with E-state index in [0.717, 1.165) is 31.0 Å². The van der Waals surface area contributed by atoms with Crippen molar-refractivity contribution in [2.45, 2.75) is 26.2 Å². The fourth-order valence-corrected chi connectivity index (χ4v) is 2.11. The zero-order chi connectivity index (χ0) is 12.1. The van der Waals surface area contributed by atoms with Crippen LogP contribution < -0.4 is 5.32 Å². The second-order valence-electron chi connectivity index (χ2n) is 4.53. The molecular formula is C13H19N3O. The summed E-state index contributed by atoms with van der Waals surface area (Å²) in [5, 5.41) is 2.90. The Morgan fingerprint density at radius 3 is 2.94 bits per heavy atom. The number of nitrogens with zero attached hydrogens (tertiary/aromatic N) is 2. The number of hydrogen-bond acceptors (Lipinski definition) is 3. The number of aromatic nitrogens is 1. The van der Waals surface area contributed by atoms with E-state index in [1.165, 1.54) is 12.8 Å². The summed E-state index contributed by atoms with van der Waals surface area (Å²) >= 11 is 0. The van der Waals surface area contributed by atoms with Crippen molar-refractivity contribution in [2.75, 3.05) is 25.0 Å². The Balaban J connectivity index is 1.76. The van der Waals surface area contributed by atoms with E-state index >= 15 is 0 Å². The molecule has 0 aromatic carbocycles. The van der Waals surface area contributed by atoms with Gasteiger partial charge in [-0.1, -0.05) is 0 Å². The summed E-state index contributed by atoms with van der Waals surface area (Å²) < 4.78 is 0. The lowest BCUT2D eigenvalue weighted by Gasteiger charge is -2.13. The minimum atomic E-state index is 0.0856. The van der Waals surface area contributed by atoms with Crippen molar-refractivity contribution in [3.8, 4) is 0 Å². The summed E-state index contributed by atoms with van der Waals surface area (Å²) in [6, 6.07) is 3.70. The van der Waals surface area contributed by atoms with Crippen LogP contribution in [0.1, 0.15) is 25.0 Å². The first-order valence-corrected chi connectivity index (χ1v) is 6.19. The molecular weight excluding hydrogens is 214 g/mol. The predicted molar refractivity (Wildman–Crippen MR) is 67.9 cm³/mol. The van der Waals surface area contributed by atoms with Crippen LogP contribution in [0.5, 0.6) is 0 Å². The molecule has 17 heavy (non-hydrogen) atoms. The number of hydrogen-bond donors (Lipinski definition) is 1. The first-order valence-electron chi connectivity index (χ1n) is 6.19. The molecule has 0 radical (unpaired) electrons. The second-order valence-corrected chi connectivity index (χ2v) is 4.53. The smallest absolute Gasteiger partial charge is 0.225 e. The van der Waals surface area contributed by atoms with Crippen LogP contribution in [0.2, 0.25) is 0 Å². The highest BCUT2D eigenvalue weighted by molar-refractivity contribution is 5.90. The summed E-state index contributed by atoms with van der Waals surface area (Å²) in [5.41, 5.74) is 1.76. The maximum absolute atomic E-state index is 11.7. The lowest BCUT2D eigenvalue weighted by atomic mass is 10.3. The Morgan fingerprint density at radius 1 is 1.47 bits per heavy atom. The van der Waals surface area contributed by atoms with E-state index in [4.69, 9.17) is 0 Å². The average molecular weight is 233 g/mol. The minimum Gasteiger partial charge on any atom is -0.326 e. The van der Waals surface area contributed by atoms with Crippen LogP contribution in [-0.4, -0.2) is 35.4 Å². The quantitative estimate of drug-likeness (QED) is 0.862. The van der Waals surface area contributed by atoms with E-state index in [1.54, 1.807) is 6.20 Å². The van der Waals surface area contributed by atoms with Crippen molar-refractivity contribution in [2.24, 2.45) is 0 Å². The summed E-state index contributed by atoms with van der Waals surface area (Å²) in [5.74, 6) is 0.0856. The van der Waals surface area contributed by atoms with Gasteiger partial charge >= 0.3 is 0 Å². The van der Waals surface area contributed by atoms with Gasteiger partial charge in [0, 0.05) is 30.5 Å². The van der Waals surface area contributed by atoms with E-state index in [2.05, 4.69) is 15.2 Å². The van der Waals surface area contributed by atoms with Crippen LogP contribution in [0.3, 0.4) is 0 Å². The van der Waals surface area contributed by atoms with Gasteiger partial charge in [0.15, 0.2) is 0 Å². The van der Waals surface area contributed by atoms with Gasteiger partial charge in [-0.25, -0.2) is 0 Å². The number of rotatable bonds is 4. The van der Waals surface area contributed by atoms with Crippen LogP contribution in [0.15, 0.2) is 18.3 Å². The highest BCUT2D eigenvalue weighted by Crippen LogP contribution is 2.10. The van der Waals surface area contributed by atoms with Gasteiger partial charge in [0.05, 0.1) is 0 Å². The van der Waals surface area contributed by atoms with Gasteiger partial charge in [-0.2, -0.15) is 0 Å². The zero-order valence-electron chi connectivity index (χ0n) is 10.3. The summed E-state index contributed by atoms with van der Waals surface area (Å²) in [7, 11) is 0. The molecule has 2 rings (SSSR count). The molecule has 1 aliphatic rings. The molecule has 4 nitrogen and oxygen atoms in total. The zero-order valence-corrected chi connectivity index (χ0v) is 10.3. The summed E-state index contributed by atoms with van der Waals surface area (Å²) in [6.45, 7) is 5.07. The van der Waals surface area contributed by atoms with E-state index in [9.17, 15) is 4.79 Å². The van der Waals surface area contributed by atoms with Crippen LogP contribution >= 0.6 is 0 Å². The van der Waals surface area contributed by atoms with E-state index < -0.39 is 0 Å². The number of likely N-dealkylation sites (tertiary alicyclic amines) is 1. The Kier molecular flexibility index (Phi) is 4.09. The predicted octanol–water partition coefficient (Wildman–Crippen LogP) is 1.81. The molecule has 1 N–H and O–H groups in total.